The number of carboxylic acid groups (broad SMARTS) is 1. The maximum Gasteiger partial charge on any atom is 0.335 e. The van der Waals surface area contributed by atoms with E-state index in [1.807, 2.05) is 61.5 Å². The van der Waals surface area contributed by atoms with Crippen molar-refractivity contribution in [2.24, 2.45) is 0 Å². The van der Waals surface area contributed by atoms with Gasteiger partial charge in [-0.25, -0.2) is 4.79 Å². The van der Waals surface area contributed by atoms with E-state index in [4.69, 9.17) is 9.47 Å². The van der Waals surface area contributed by atoms with Gasteiger partial charge in [-0.2, -0.15) is 0 Å². The molecule has 1 heterocycles. The first-order valence-corrected chi connectivity index (χ1v) is 10.7. The number of nitrogens with zero attached hydrogens (tertiary/aromatic N) is 1. The summed E-state index contributed by atoms with van der Waals surface area (Å²) in [5.74, 6) is 0.745. The minimum atomic E-state index is -0.912. The predicted molar refractivity (Wildman–Crippen MR) is 133 cm³/mol. The summed E-state index contributed by atoms with van der Waals surface area (Å²) < 4.78 is 11.6. The van der Waals surface area contributed by atoms with Gasteiger partial charge in [0.2, 0.25) is 0 Å². The van der Waals surface area contributed by atoms with Gasteiger partial charge in [0.15, 0.2) is 0 Å². The number of para-hydroxylation sites is 2. The first-order chi connectivity index (χ1) is 15.5. The van der Waals surface area contributed by atoms with Crippen LogP contribution in [0.5, 0.6) is 11.5 Å². The average molecular weight is 469 g/mol. The second-order valence-corrected chi connectivity index (χ2v) is 8.03. The van der Waals surface area contributed by atoms with Gasteiger partial charge in [0.05, 0.1) is 24.9 Å². The lowest BCUT2D eigenvalue weighted by Gasteiger charge is -2.37. The number of benzene rings is 3. The van der Waals surface area contributed by atoms with Gasteiger partial charge >= 0.3 is 5.97 Å². The number of anilines is 2. The van der Waals surface area contributed by atoms with Crippen molar-refractivity contribution in [1.82, 2.24) is 5.32 Å². The molecule has 33 heavy (non-hydrogen) atoms. The van der Waals surface area contributed by atoms with Crippen LogP contribution in [-0.4, -0.2) is 37.4 Å². The number of hydrogen-bond acceptors (Lipinski definition) is 5. The quantitative estimate of drug-likeness (QED) is 0.485. The number of hydrogen-bond donors (Lipinski definition) is 2. The van der Waals surface area contributed by atoms with Gasteiger partial charge < -0.3 is 24.8 Å². The van der Waals surface area contributed by atoms with Crippen molar-refractivity contribution in [2.45, 2.75) is 26.0 Å². The van der Waals surface area contributed by atoms with Gasteiger partial charge in [0.25, 0.3) is 0 Å². The zero-order chi connectivity index (χ0) is 22.7. The molecule has 0 saturated carbocycles. The Morgan fingerprint density at radius 1 is 1.18 bits per heavy atom. The molecule has 3 aromatic carbocycles. The van der Waals surface area contributed by atoms with Gasteiger partial charge in [-0.1, -0.05) is 24.3 Å². The first-order valence-electron chi connectivity index (χ1n) is 10.7. The van der Waals surface area contributed by atoms with Crippen molar-refractivity contribution >= 4 is 29.8 Å². The number of aryl methyl sites for hydroxylation is 1. The van der Waals surface area contributed by atoms with Crippen LogP contribution in [0.3, 0.4) is 0 Å². The molecule has 0 aromatic heterocycles. The fraction of sp³-hybridized carbons (Fsp3) is 0.269. The van der Waals surface area contributed by atoms with Crippen molar-refractivity contribution in [3.63, 3.8) is 0 Å². The van der Waals surface area contributed by atoms with Crippen LogP contribution in [-0.2, 0) is 0 Å². The fourth-order valence-electron chi connectivity index (χ4n) is 4.04. The van der Waals surface area contributed by atoms with Crippen LogP contribution in [0.25, 0.3) is 0 Å². The number of rotatable bonds is 7. The summed E-state index contributed by atoms with van der Waals surface area (Å²) in [5, 5.41) is 12.9. The van der Waals surface area contributed by atoms with Crippen molar-refractivity contribution in [2.75, 3.05) is 25.1 Å². The molecule has 4 rings (SSSR count). The Morgan fingerprint density at radius 2 is 1.97 bits per heavy atom. The molecule has 1 unspecified atom stereocenters. The SMILES string of the molecule is COc1cccc([C@@H](C)NCC2CN(c3ccc(C(=O)O)c(C)c3)c3ccccc3O2)c1.Cl. The maximum absolute atomic E-state index is 11.4. The summed E-state index contributed by atoms with van der Waals surface area (Å²) in [4.78, 5) is 13.6. The number of methoxy groups -OCH3 is 1. The number of aromatic carboxylic acids is 1. The zero-order valence-electron chi connectivity index (χ0n) is 18.9. The van der Waals surface area contributed by atoms with Crippen LogP contribution in [0, 0.1) is 6.92 Å². The number of carboxylic acids is 1. The summed E-state index contributed by atoms with van der Waals surface area (Å²) in [6, 6.07) is 21.6. The topological polar surface area (TPSA) is 71.0 Å². The van der Waals surface area contributed by atoms with Gasteiger partial charge in [-0.15, -0.1) is 12.4 Å². The molecule has 0 radical (unpaired) electrons. The first kappa shape index (κ1) is 24.4. The molecular weight excluding hydrogens is 440 g/mol. The largest absolute Gasteiger partial charge is 0.497 e. The lowest BCUT2D eigenvalue weighted by Crippen LogP contribution is -2.44. The Hall–Kier alpha value is -3.22. The number of fused-ring (bicyclic) bond motifs is 1. The Kier molecular flexibility index (Phi) is 7.84. The lowest BCUT2D eigenvalue weighted by atomic mass is 10.1. The van der Waals surface area contributed by atoms with E-state index in [1.54, 1.807) is 13.2 Å². The summed E-state index contributed by atoms with van der Waals surface area (Å²) in [6.07, 6.45) is -0.0718. The van der Waals surface area contributed by atoms with Gasteiger partial charge in [0, 0.05) is 18.3 Å². The smallest absolute Gasteiger partial charge is 0.335 e. The minimum absolute atomic E-state index is 0. The molecular formula is C26H29ClN2O4. The Labute approximate surface area is 200 Å². The number of ether oxygens (including phenoxy) is 2. The van der Waals surface area contributed by atoms with Crippen LogP contribution in [0.2, 0.25) is 0 Å². The average Bonchev–Trinajstić information content (AvgIpc) is 2.81. The van der Waals surface area contributed by atoms with Gasteiger partial charge in [-0.05, 0) is 67.4 Å². The molecule has 0 aliphatic carbocycles. The van der Waals surface area contributed by atoms with Crippen LogP contribution in [0.15, 0.2) is 66.7 Å². The van der Waals surface area contributed by atoms with E-state index in [-0.39, 0.29) is 24.6 Å². The molecule has 2 N–H and O–H groups in total. The van der Waals surface area contributed by atoms with Gasteiger partial charge in [0.1, 0.15) is 17.6 Å². The van der Waals surface area contributed by atoms with E-state index in [1.165, 1.54) is 0 Å². The summed E-state index contributed by atoms with van der Waals surface area (Å²) in [7, 11) is 1.67. The molecule has 0 fully saturated rings. The van der Waals surface area contributed by atoms with Crippen molar-refractivity contribution in [3.8, 4) is 11.5 Å². The van der Waals surface area contributed by atoms with E-state index in [0.717, 1.165) is 34.0 Å². The van der Waals surface area contributed by atoms with E-state index < -0.39 is 5.97 Å². The normalized spacial score (nSPS) is 15.6. The van der Waals surface area contributed by atoms with E-state index >= 15 is 0 Å². The maximum atomic E-state index is 11.4. The third-order valence-electron chi connectivity index (χ3n) is 5.83. The molecule has 0 bridgehead atoms. The third kappa shape index (κ3) is 5.41. The monoisotopic (exact) mass is 468 g/mol. The fourth-order valence-corrected chi connectivity index (χ4v) is 4.04. The molecule has 6 nitrogen and oxygen atoms in total. The van der Waals surface area contributed by atoms with Crippen LogP contribution < -0.4 is 19.7 Å². The summed E-state index contributed by atoms with van der Waals surface area (Å²) in [5.41, 5.74) is 4.14. The molecule has 174 valence electrons. The summed E-state index contributed by atoms with van der Waals surface area (Å²) in [6.45, 7) is 5.27. The highest BCUT2D eigenvalue weighted by Crippen LogP contribution is 2.38. The Balaban J connectivity index is 0.00000306. The Bertz CT molecular complexity index is 1120. The van der Waals surface area contributed by atoms with E-state index in [0.29, 0.717) is 18.7 Å². The van der Waals surface area contributed by atoms with E-state index in [9.17, 15) is 9.90 Å². The minimum Gasteiger partial charge on any atom is -0.497 e. The van der Waals surface area contributed by atoms with Crippen molar-refractivity contribution < 1.29 is 19.4 Å². The zero-order valence-corrected chi connectivity index (χ0v) is 19.8. The second kappa shape index (κ2) is 10.6. The number of halogens is 1. The highest BCUT2D eigenvalue weighted by molar-refractivity contribution is 5.90. The number of carbonyl (C=O) groups is 1. The van der Waals surface area contributed by atoms with E-state index in [2.05, 4.69) is 23.2 Å². The Morgan fingerprint density at radius 3 is 2.70 bits per heavy atom. The highest BCUT2D eigenvalue weighted by Gasteiger charge is 2.27. The molecule has 7 heteroatoms. The molecule has 1 aliphatic heterocycles. The highest BCUT2D eigenvalue weighted by atomic mass is 35.5. The molecule has 1 aliphatic rings. The second-order valence-electron chi connectivity index (χ2n) is 8.03. The van der Waals surface area contributed by atoms with Crippen LogP contribution in [0.4, 0.5) is 11.4 Å². The molecule has 3 aromatic rings. The molecule has 0 amide bonds. The van der Waals surface area contributed by atoms with Crippen molar-refractivity contribution in [3.05, 3.63) is 83.4 Å². The predicted octanol–water partition coefficient (Wildman–Crippen LogP) is 5.37. The standard InChI is InChI=1S/C26H28N2O4.ClH/c1-17-13-20(11-12-23(17)26(29)30)28-16-22(32-25-10-5-4-9-24(25)28)15-27-18(2)19-7-6-8-21(14-19)31-3;/h4-14,18,22,27H,15-16H2,1-3H3,(H,29,30);1H/t18-,22?;/m1./s1. The summed E-state index contributed by atoms with van der Waals surface area (Å²) >= 11 is 0. The molecule has 0 spiro atoms. The van der Waals surface area contributed by atoms with Crippen LogP contribution >= 0.6 is 12.4 Å². The van der Waals surface area contributed by atoms with Gasteiger partial charge in [-0.3, -0.25) is 0 Å². The molecule has 0 saturated heterocycles. The van der Waals surface area contributed by atoms with Crippen molar-refractivity contribution in [1.29, 1.82) is 0 Å². The number of nitrogens with one attached hydrogen (secondary N) is 1. The third-order valence-corrected chi connectivity index (χ3v) is 5.83. The molecule has 2 atom stereocenters. The lowest BCUT2D eigenvalue weighted by molar-refractivity contribution is 0.0696. The van der Waals surface area contributed by atoms with Crippen LogP contribution in [0.1, 0.15) is 34.5 Å².